The molecule has 198 valence electrons. The molecule has 2 aromatic rings. The van der Waals surface area contributed by atoms with E-state index in [1.807, 2.05) is 6.92 Å². The molecule has 1 atom stereocenters. The summed E-state index contributed by atoms with van der Waals surface area (Å²) in [7, 11) is 0. The first kappa shape index (κ1) is 25.5. The number of imide groups is 2. The number of benzene rings is 2. The van der Waals surface area contributed by atoms with Crippen molar-refractivity contribution in [3.8, 4) is 0 Å². The van der Waals surface area contributed by atoms with Crippen molar-refractivity contribution in [1.82, 2.24) is 15.5 Å². The van der Waals surface area contributed by atoms with Crippen molar-refractivity contribution >= 4 is 35.2 Å². The molecule has 5 amide bonds. The third-order valence-corrected chi connectivity index (χ3v) is 7.60. The highest BCUT2D eigenvalue weighted by Crippen LogP contribution is 2.37. The van der Waals surface area contributed by atoms with Crippen molar-refractivity contribution in [3.05, 3.63) is 64.7 Å². The number of nitrogens with zero attached hydrogens (tertiary/aromatic N) is 2. The van der Waals surface area contributed by atoms with E-state index in [0.29, 0.717) is 38.0 Å². The fraction of sp³-hybridized carbons (Fsp3) is 0.370. The quantitative estimate of drug-likeness (QED) is 0.581. The van der Waals surface area contributed by atoms with Gasteiger partial charge in [0.25, 0.3) is 17.7 Å². The summed E-state index contributed by atoms with van der Waals surface area (Å²) in [5.41, 5.74) is 0.209. The standard InChI is InChI=1S/C27H26F2N4O5/c1-27(14-30-23(35)15-2-4-16(28)5-3-15)8-10-32(11-9-27)21-13-18-17(12-19(21)29)25(37)33(26(18)38)20-6-7-22(34)31-24(20)36/h2-5,12-13,20H,6-11,14H2,1H3,(H,30,35)(H,31,34,36). The summed E-state index contributed by atoms with van der Waals surface area (Å²) in [6.07, 6.45) is 1.28. The van der Waals surface area contributed by atoms with Crippen LogP contribution in [0.4, 0.5) is 14.5 Å². The SMILES string of the molecule is CC1(CNC(=O)c2ccc(F)cc2)CCN(c2cc3c(cc2F)C(=O)N(C2CCC(=O)NC2=O)C3=O)CC1. The Kier molecular flexibility index (Phi) is 6.46. The molecule has 2 saturated heterocycles. The molecule has 3 heterocycles. The maximum atomic E-state index is 15.2. The van der Waals surface area contributed by atoms with Gasteiger partial charge in [-0.15, -0.1) is 0 Å². The van der Waals surface area contributed by atoms with E-state index in [4.69, 9.17) is 0 Å². The Bertz CT molecular complexity index is 1350. The van der Waals surface area contributed by atoms with Gasteiger partial charge in [0, 0.05) is 31.6 Å². The predicted molar refractivity (Wildman–Crippen MR) is 131 cm³/mol. The van der Waals surface area contributed by atoms with Gasteiger partial charge in [-0.2, -0.15) is 0 Å². The molecule has 2 N–H and O–H groups in total. The van der Waals surface area contributed by atoms with E-state index in [1.165, 1.54) is 30.3 Å². The highest BCUT2D eigenvalue weighted by Gasteiger charge is 2.45. The van der Waals surface area contributed by atoms with Crippen LogP contribution in [0, 0.1) is 17.0 Å². The number of fused-ring (bicyclic) bond motifs is 1. The number of carbonyl (C=O) groups excluding carboxylic acids is 5. The largest absolute Gasteiger partial charge is 0.369 e. The number of halogens is 2. The van der Waals surface area contributed by atoms with E-state index >= 15 is 4.39 Å². The highest BCUT2D eigenvalue weighted by molar-refractivity contribution is 6.23. The van der Waals surface area contributed by atoms with Gasteiger partial charge in [-0.3, -0.25) is 34.2 Å². The van der Waals surface area contributed by atoms with Gasteiger partial charge in [0.2, 0.25) is 11.8 Å². The summed E-state index contributed by atoms with van der Waals surface area (Å²) in [6, 6.07) is 6.56. The van der Waals surface area contributed by atoms with Gasteiger partial charge >= 0.3 is 0 Å². The van der Waals surface area contributed by atoms with Gasteiger partial charge in [0.1, 0.15) is 17.7 Å². The zero-order valence-corrected chi connectivity index (χ0v) is 20.7. The van der Waals surface area contributed by atoms with Crippen molar-refractivity contribution in [2.45, 2.75) is 38.6 Å². The minimum Gasteiger partial charge on any atom is -0.369 e. The average molecular weight is 525 g/mol. The fourth-order valence-electron chi connectivity index (χ4n) is 5.18. The molecule has 3 aliphatic heterocycles. The molecule has 2 fully saturated rings. The van der Waals surface area contributed by atoms with E-state index in [-0.39, 0.29) is 41.0 Å². The highest BCUT2D eigenvalue weighted by atomic mass is 19.1. The smallest absolute Gasteiger partial charge is 0.262 e. The van der Waals surface area contributed by atoms with Crippen LogP contribution < -0.4 is 15.5 Å². The van der Waals surface area contributed by atoms with Crippen LogP contribution in [0.15, 0.2) is 36.4 Å². The normalized spacial score (nSPS) is 20.9. The van der Waals surface area contributed by atoms with E-state index in [1.54, 1.807) is 4.90 Å². The third kappa shape index (κ3) is 4.64. The zero-order chi connectivity index (χ0) is 27.2. The minimum atomic E-state index is -1.12. The van der Waals surface area contributed by atoms with Crippen LogP contribution in [0.1, 0.15) is 63.7 Å². The second kappa shape index (κ2) is 9.62. The van der Waals surface area contributed by atoms with Gasteiger partial charge in [-0.25, -0.2) is 8.78 Å². The van der Waals surface area contributed by atoms with Crippen molar-refractivity contribution in [1.29, 1.82) is 0 Å². The van der Waals surface area contributed by atoms with Crippen LogP contribution in [0.2, 0.25) is 0 Å². The zero-order valence-electron chi connectivity index (χ0n) is 20.7. The minimum absolute atomic E-state index is 0.000320. The summed E-state index contributed by atoms with van der Waals surface area (Å²) in [5.74, 6) is -4.01. The lowest BCUT2D eigenvalue weighted by molar-refractivity contribution is -0.136. The van der Waals surface area contributed by atoms with Gasteiger partial charge < -0.3 is 10.2 Å². The van der Waals surface area contributed by atoms with E-state index in [2.05, 4.69) is 10.6 Å². The van der Waals surface area contributed by atoms with Crippen molar-refractivity contribution in [2.24, 2.45) is 5.41 Å². The van der Waals surface area contributed by atoms with Gasteiger partial charge in [-0.1, -0.05) is 6.92 Å². The molecule has 5 rings (SSSR count). The van der Waals surface area contributed by atoms with Crippen LogP contribution in [0.3, 0.4) is 0 Å². The number of hydrogen-bond acceptors (Lipinski definition) is 6. The lowest BCUT2D eigenvalue weighted by Crippen LogP contribution is -2.54. The van der Waals surface area contributed by atoms with E-state index in [9.17, 15) is 28.4 Å². The van der Waals surface area contributed by atoms with Crippen molar-refractivity contribution in [3.63, 3.8) is 0 Å². The number of rotatable bonds is 5. The third-order valence-electron chi connectivity index (χ3n) is 7.60. The Morgan fingerprint density at radius 1 is 1.03 bits per heavy atom. The van der Waals surface area contributed by atoms with Crippen LogP contribution >= 0.6 is 0 Å². The second-order valence-corrected chi connectivity index (χ2v) is 10.3. The van der Waals surface area contributed by atoms with Crippen LogP contribution in [-0.2, 0) is 9.59 Å². The topological polar surface area (TPSA) is 116 Å². The van der Waals surface area contributed by atoms with E-state index in [0.717, 1.165) is 11.0 Å². The Morgan fingerprint density at radius 3 is 2.29 bits per heavy atom. The van der Waals surface area contributed by atoms with Crippen molar-refractivity contribution < 1.29 is 32.8 Å². The van der Waals surface area contributed by atoms with E-state index < -0.39 is 41.3 Å². The number of nitrogens with one attached hydrogen (secondary N) is 2. The number of hydrogen-bond donors (Lipinski definition) is 2. The number of carbonyl (C=O) groups is 5. The van der Waals surface area contributed by atoms with Gasteiger partial charge in [0.15, 0.2) is 0 Å². The molecule has 1 unspecified atom stereocenters. The molecular weight excluding hydrogens is 498 g/mol. The summed E-state index contributed by atoms with van der Waals surface area (Å²) in [6.45, 7) is 3.32. The molecule has 0 aliphatic carbocycles. The number of piperidine rings is 2. The molecule has 0 saturated carbocycles. The van der Waals surface area contributed by atoms with Crippen LogP contribution in [-0.4, -0.2) is 60.1 Å². The summed E-state index contributed by atoms with van der Waals surface area (Å²) in [5, 5.41) is 5.02. The molecular formula is C27H26F2N4O5. The first-order valence-corrected chi connectivity index (χ1v) is 12.4. The average Bonchev–Trinajstić information content (AvgIpc) is 3.12. The molecule has 11 heteroatoms. The summed E-state index contributed by atoms with van der Waals surface area (Å²) < 4.78 is 28.3. The molecule has 0 bridgehead atoms. The Hall–Kier alpha value is -4.15. The molecule has 0 spiro atoms. The van der Waals surface area contributed by atoms with Crippen LogP contribution in [0.25, 0.3) is 0 Å². The van der Waals surface area contributed by atoms with Gasteiger partial charge in [-0.05, 0) is 61.1 Å². The van der Waals surface area contributed by atoms with Gasteiger partial charge in [0.05, 0.1) is 16.8 Å². The fourth-order valence-corrected chi connectivity index (χ4v) is 5.18. The maximum Gasteiger partial charge on any atom is 0.262 e. The Balaban J connectivity index is 1.26. The van der Waals surface area contributed by atoms with Crippen LogP contribution in [0.5, 0.6) is 0 Å². The molecule has 38 heavy (non-hydrogen) atoms. The molecule has 0 aromatic heterocycles. The number of amides is 5. The Morgan fingerprint density at radius 2 is 1.66 bits per heavy atom. The molecule has 2 aromatic carbocycles. The molecule has 3 aliphatic rings. The maximum absolute atomic E-state index is 15.2. The first-order chi connectivity index (χ1) is 18.1. The lowest BCUT2D eigenvalue weighted by atomic mass is 9.80. The summed E-state index contributed by atoms with van der Waals surface area (Å²) in [4.78, 5) is 64.8. The number of anilines is 1. The summed E-state index contributed by atoms with van der Waals surface area (Å²) >= 11 is 0. The predicted octanol–water partition coefficient (Wildman–Crippen LogP) is 2.40. The monoisotopic (exact) mass is 524 g/mol. The molecule has 0 radical (unpaired) electrons. The first-order valence-electron chi connectivity index (χ1n) is 12.4. The lowest BCUT2D eigenvalue weighted by Gasteiger charge is -2.40. The molecule has 9 nitrogen and oxygen atoms in total. The van der Waals surface area contributed by atoms with Crippen molar-refractivity contribution in [2.75, 3.05) is 24.5 Å². The Labute approximate surface area is 217 Å². The second-order valence-electron chi connectivity index (χ2n) is 10.3.